The molecular weight excluding hydrogens is 264 g/mol. The monoisotopic (exact) mass is 286 g/mol. The molecule has 1 fully saturated rings. The summed E-state index contributed by atoms with van der Waals surface area (Å²) in [6, 6.07) is 8.04. The Morgan fingerprint density at radius 3 is 2.86 bits per heavy atom. The summed E-state index contributed by atoms with van der Waals surface area (Å²) in [5, 5.41) is 3.37. The second kappa shape index (κ2) is 6.16. The van der Waals surface area contributed by atoms with E-state index in [4.69, 9.17) is 0 Å². The fraction of sp³-hybridized carbons (Fsp3) is 0.500. The highest BCUT2D eigenvalue weighted by Gasteiger charge is 2.20. The van der Waals surface area contributed by atoms with E-state index in [9.17, 15) is 4.79 Å². The van der Waals surface area contributed by atoms with Crippen LogP contribution >= 0.6 is 0 Å². The van der Waals surface area contributed by atoms with Gasteiger partial charge in [0.1, 0.15) is 0 Å². The van der Waals surface area contributed by atoms with E-state index in [0.717, 1.165) is 55.9 Å². The average Bonchev–Trinajstić information content (AvgIpc) is 2.90. The number of amides is 1. The number of piperidine rings is 1. The summed E-state index contributed by atoms with van der Waals surface area (Å²) in [4.78, 5) is 21.0. The molecule has 2 N–H and O–H groups in total. The van der Waals surface area contributed by atoms with Gasteiger partial charge in [-0.3, -0.25) is 4.79 Å². The molecule has 5 heteroatoms. The molecule has 1 aliphatic rings. The number of para-hydroxylation sites is 2. The Kier molecular flexibility index (Phi) is 4.08. The predicted molar refractivity (Wildman–Crippen MR) is 84.2 cm³/mol. The number of hydrogen-bond donors (Lipinski definition) is 2. The molecule has 0 spiro atoms. The minimum absolute atomic E-state index is 0.203. The molecule has 1 aliphatic heterocycles. The summed E-state index contributed by atoms with van der Waals surface area (Å²) in [6.07, 6.45) is 3.35. The number of nitrogens with zero attached hydrogens (tertiary/aromatic N) is 2. The van der Waals surface area contributed by atoms with Crippen molar-refractivity contribution in [2.75, 3.05) is 25.0 Å². The van der Waals surface area contributed by atoms with Crippen LogP contribution in [0.5, 0.6) is 0 Å². The normalized spacial score (nSPS) is 16.3. The van der Waals surface area contributed by atoms with Gasteiger partial charge in [0.15, 0.2) is 0 Å². The Labute approximate surface area is 124 Å². The first kappa shape index (κ1) is 13.9. The summed E-state index contributed by atoms with van der Waals surface area (Å²) in [6.45, 7) is 4.39. The van der Waals surface area contributed by atoms with Crippen molar-refractivity contribution in [1.82, 2.24) is 14.9 Å². The second-order valence-electron chi connectivity index (χ2n) is 5.77. The van der Waals surface area contributed by atoms with Crippen molar-refractivity contribution >= 4 is 22.9 Å². The number of aromatic nitrogens is 2. The molecule has 2 heterocycles. The van der Waals surface area contributed by atoms with Gasteiger partial charge in [0.05, 0.1) is 11.0 Å². The molecular formula is C16H22N4O. The van der Waals surface area contributed by atoms with Gasteiger partial charge < -0.3 is 15.2 Å². The SMILES string of the molecule is CC(=O)N1CCC(CCNc2nc3ccccc3[nH]2)CC1. The zero-order valence-electron chi connectivity index (χ0n) is 12.4. The largest absolute Gasteiger partial charge is 0.356 e. The van der Waals surface area contributed by atoms with Gasteiger partial charge in [-0.25, -0.2) is 4.98 Å². The first-order valence-electron chi connectivity index (χ1n) is 7.66. The number of hydrogen-bond acceptors (Lipinski definition) is 3. The summed E-state index contributed by atoms with van der Waals surface area (Å²) in [7, 11) is 0. The molecule has 1 aromatic heterocycles. The maximum absolute atomic E-state index is 11.3. The molecule has 3 rings (SSSR count). The van der Waals surface area contributed by atoms with E-state index >= 15 is 0 Å². The minimum Gasteiger partial charge on any atom is -0.356 e. The van der Waals surface area contributed by atoms with Crippen LogP contribution in [0.3, 0.4) is 0 Å². The minimum atomic E-state index is 0.203. The van der Waals surface area contributed by atoms with Crippen LogP contribution in [0, 0.1) is 5.92 Å². The molecule has 0 atom stereocenters. The lowest BCUT2D eigenvalue weighted by Crippen LogP contribution is -2.37. The molecule has 0 saturated carbocycles. The molecule has 21 heavy (non-hydrogen) atoms. The molecule has 1 saturated heterocycles. The van der Waals surface area contributed by atoms with E-state index < -0.39 is 0 Å². The highest BCUT2D eigenvalue weighted by molar-refractivity contribution is 5.77. The van der Waals surface area contributed by atoms with Crippen LogP contribution in [0.1, 0.15) is 26.2 Å². The highest BCUT2D eigenvalue weighted by atomic mass is 16.2. The maximum atomic E-state index is 11.3. The van der Waals surface area contributed by atoms with Gasteiger partial charge in [-0.1, -0.05) is 12.1 Å². The second-order valence-corrected chi connectivity index (χ2v) is 5.77. The van der Waals surface area contributed by atoms with Gasteiger partial charge in [-0.15, -0.1) is 0 Å². The fourth-order valence-corrected chi connectivity index (χ4v) is 2.97. The number of rotatable bonds is 4. The van der Waals surface area contributed by atoms with Gasteiger partial charge in [-0.2, -0.15) is 0 Å². The van der Waals surface area contributed by atoms with Crippen molar-refractivity contribution in [2.24, 2.45) is 5.92 Å². The quantitative estimate of drug-likeness (QED) is 0.908. The van der Waals surface area contributed by atoms with Crippen molar-refractivity contribution in [2.45, 2.75) is 26.2 Å². The van der Waals surface area contributed by atoms with Crippen LogP contribution in [0.15, 0.2) is 24.3 Å². The molecule has 0 unspecified atom stereocenters. The molecule has 0 bridgehead atoms. The van der Waals surface area contributed by atoms with Crippen molar-refractivity contribution in [3.05, 3.63) is 24.3 Å². The Morgan fingerprint density at radius 1 is 1.38 bits per heavy atom. The van der Waals surface area contributed by atoms with Gasteiger partial charge in [0.2, 0.25) is 11.9 Å². The zero-order valence-corrected chi connectivity index (χ0v) is 12.4. The van der Waals surface area contributed by atoms with Crippen molar-refractivity contribution < 1.29 is 4.79 Å². The highest BCUT2D eigenvalue weighted by Crippen LogP contribution is 2.21. The van der Waals surface area contributed by atoms with E-state index in [0.29, 0.717) is 5.92 Å². The number of imidazole rings is 1. The Morgan fingerprint density at radius 2 is 2.14 bits per heavy atom. The first-order chi connectivity index (χ1) is 10.2. The van der Waals surface area contributed by atoms with Crippen LogP contribution in [-0.2, 0) is 4.79 Å². The average molecular weight is 286 g/mol. The molecule has 1 aromatic carbocycles. The number of nitrogens with one attached hydrogen (secondary N) is 2. The standard InChI is InChI=1S/C16H22N4O/c1-12(21)20-10-7-13(8-11-20)6-9-17-16-18-14-4-2-3-5-15(14)19-16/h2-5,13H,6-11H2,1H3,(H2,17,18,19). The topological polar surface area (TPSA) is 61.0 Å². The van der Waals surface area contributed by atoms with Crippen LogP contribution in [0.4, 0.5) is 5.95 Å². The molecule has 1 amide bonds. The third-order valence-corrected chi connectivity index (χ3v) is 4.29. The Balaban J connectivity index is 1.45. The van der Waals surface area contributed by atoms with Crippen LogP contribution in [0.25, 0.3) is 11.0 Å². The third kappa shape index (κ3) is 3.35. The Hall–Kier alpha value is -2.04. The van der Waals surface area contributed by atoms with E-state index in [2.05, 4.69) is 15.3 Å². The van der Waals surface area contributed by atoms with E-state index in [1.807, 2.05) is 29.2 Å². The van der Waals surface area contributed by atoms with Crippen LogP contribution < -0.4 is 5.32 Å². The number of anilines is 1. The first-order valence-corrected chi connectivity index (χ1v) is 7.66. The lowest BCUT2D eigenvalue weighted by atomic mass is 9.93. The fourth-order valence-electron chi connectivity index (χ4n) is 2.97. The number of aromatic amines is 1. The summed E-state index contributed by atoms with van der Waals surface area (Å²) in [5.41, 5.74) is 2.06. The number of carbonyl (C=O) groups excluding carboxylic acids is 1. The molecule has 0 aliphatic carbocycles. The predicted octanol–water partition coefficient (Wildman–Crippen LogP) is 2.62. The van der Waals surface area contributed by atoms with Crippen molar-refractivity contribution in [3.63, 3.8) is 0 Å². The van der Waals surface area contributed by atoms with Crippen LogP contribution in [0.2, 0.25) is 0 Å². The molecule has 0 radical (unpaired) electrons. The number of H-pyrrole nitrogens is 1. The lowest BCUT2D eigenvalue weighted by molar-refractivity contribution is -0.130. The van der Waals surface area contributed by atoms with Gasteiger partial charge in [0.25, 0.3) is 0 Å². The van der Waals surface area contributed by atoms with Crippen molar-refractivity contribution in [3.8, 4) is 0 Å². The van der Waals surface area contributed by atoms with Gasteiger partial charge >= 0.3 is 0 Å². The lowest BCUT2D eigenvalue weighted by Gasteiger charge is -2.31. The van der Waals surface area contributed by atoms with E-state index in [1.54, 1.807) is 6.92 Å². The number of likely N-dealkylation sites (tertiary alicyclic amines) is 1. The summed E-state index contributed by atoms with van der Waals surface area (Å²) in [5.74, 6) is 1.75. The number of benzene rings is 1. The molecule has 2 aromatic rings. The number of fused-ring (bicyclic) bond motifs is 1. The Bertz CT molecular complexity index is 581. The van der Waals surface area contributed by atoms with Gasteiger partial charge in [0, 0.05) is 26.6 Å². The van der Waals surface area contributed by atoms with E-state index in [1.165, 1.54) is 0 Å². The zero-order chi connectivity index (χ0) is 14.7. The maximum Gasteiger partial charge on any atom is 0.219 e. The van der Waals surface area contributed by atoms with Gasteiger partial charge in [-0.05, 0) is 37.3 Å². The van der Waals surface area contributed by atoms with Crippen LogP contribution in [-0.4, -0.2) is 40.4 Å². The molecule has 5 nitrogen and oxygen atoms in total. The van der Waals surface area contributed by atoms with E-state index in [-0.39, 0.29) is 5.91 Å². The summed E-state index contributed by atoms with van der Waals surface area (Å²) < 4.78 is 0. The smallest absolute Gasteiger partial charge is 0.219 e. The summed E-state index contributed by atoms with van der Waals surface area (Å²) >= 11 is 0. The molecule has 112 valence electrons. The van der Waals surface area contributed by atoms with Crippen molar-refractivity contribution in [1.29, 1.82) is 0 Å². The third-order valence-electron chi connectivity index (χ3n) is 4.29. The number of carbonyl (C=O) groups is 1.